The van der Waals surface area contributed by atoms with Gasteiger partial charge in [-0.15, -0.1) is 15.7 Å². The van der Waals surface area contributed by atoms with Gasteiger partial charge in [-0.05, 0) is 0 Å². The standard InChI is InChI=1S/C8H15N7O2S3/c9-6(15-20(16)17-12)1-2-18-3-5-4-19-8(13-5)14-7(10)11/h4H,1-3,12H2,(H2,9,15)(H4,10,11,13,14)/t20-/m0/s1. The number of aromatic nitrogens is 1. The van der Waals surface area contributed by atoms with Gasteiger partial charge in [-0.25, -0.2) is 9.19 Å². The Labute approximate surface area is 126 Å². The van der Waals surface area contributed by atoms with Crippen molar-refractivity contribution in [2.24, 2.45) is 32.5 Å². The largest absolute Gasteiger partial charge is 0.386 e. The molecule has 0 bridgehead atoms. The van der Waals surface area contributed by atoms with Gasteiger partial charge in [0.15, 0.2) is 5.96 Å². The van der Waals surface area contributed by atoms with E-state index in [1.807, 2.05) is 5.38 Å². The zero-order chi connectivity index (χ0) is 15.0. The maximum absolute atomic E-state index is 10.8. The number of nitrogens with zero attached hydrogens (tertiary/aromatic N) is 3. The SMILES string of the molecule is NO[S@](=O)N=C(N)CCSCc1csc(N=C(N)N)n1. The molecule has 0 saturated heterocycles. The highest BCUT2D eigenvalue weighted by molar-refractivity contribution is 7.98. The molecular formula is C8H15N7O2S3. The van der Waals surface area contributed by atoms with E-state index in [0.29, 0.717) is 23.1 Å². The zero-order valence-corrected chi connectivity index (χ0v) is 12.8. The Bertz CT molecular complexity index is 512. The van der Waals surface area contributed by atoms with E-state index in [1.54, 1.807) is 11.8 Å². The quantitative estimate of drug-likeness (QED) is 0.213. The van der Waals surface area contributed by atoms with Crippen LogP contribution >= 0.6 is 23.1 Å². The smallest absolute Gasteiger partial charge is 0.303 e. The molecule has 0 aliphatic rings. The molecule has 0 aliphatic heterocycles. The zero-order valence-electron chi connectivity index (χ0n) is 10.4. The van der Waals surface area contributed by atoms with Crippen LogP contribution in [0, 0.1) is 0 Å². The molecule has 0 radical (unpaired) electrons. The van der Waals surface area contributed by atoms with E-state index in [4.69, 9.17) is 17.2 Å². The Kier molecular flexibility index (Phi) is 7.46. The number of nitrogens with two attached hydrogens (primary N) is 4. The van der Waals surface area contributed by atoms with Crippen molar-refractivity contribution in [2.45, 2.75) is 12.2 Å². The lowest BCUT2D eigenvalue weighted by atomic mass is 10.5. The molecule has 0 aliphatic carbocycles. The van der Waals surface area contributed by atoms with E-state index in [9.17, 15) is 4.21 Å². The summed E-state index contributed by atoms with van der Waals surface area (Å²) < 4.78 is 18.3. The molecule has 112 valence electrons. The summed E-state index contributed by atoms with van der Waals surface area (Å²) in [5.41, 5.74) is 16.9. The van der Waals surface area contributed by atoms with E-state index in [0.717, 1.165) is 5.69 Å². The van der Waals surface area contributed by atoms with Crippen molar-refractivity contribution in [1.29, 1.82) is 0 Å². The summed E-state index contributed by atoms with van der Waals surface area (Å²) in [4.78, 5) is 8.08. The van der Waals surface area contributed by atoms with Gasteiger partial charge >= 0.3 is 11.3 Å². The predicted octanol–water partition coefficient (Wildman–Crippen LogP) is -0.502. The lowest BCUT2D eigenvalue weighted by Gasteiger charge is -1.99. The lowest BCUT2D eigenvalue weighted by molar-refractivity contribution is 0.368. The highest BCUT2D eigenvalue weighted by atomic mass is 32.2. The minimum Gasteiger partial charge on any atom is -0.386 e. The molecule has 0 spiro atoms. The second-order valence-corrected chi connectivity index (χ2v) is 6.11. The van der Waals surface area contributed by atoms with E-state index >= 15 is 0 Å². The molecule has 0 fully saturated rings. The van der Waals surface area contributed by atoms with Gasteiger partial charge < -0.3 is 17.2 Å². The summed E-state index contributed by atoms with van der Waals surface area (Å²) in [6.45, 7) is 0. The first-order valence-corrected chi connectivity index (χ1v) is 8.31. The van der Waals surface area contributed by atoms with E-state index in [2.05, 4.69) is 24.6 Å². The number of aliphatic imine (C=N–C) groups is 1. The Morgan fingerprint density at radius 1 is 1.50 bits per heavy atom. The second-order valence-electron chi connectivity index (χ2n) is 3.36. The second kappa shape index (κ2) is 8.86. The van der Waals surface area contributed by atoms with Gasteiger partial charge in [0.05, 0.1) is 5.69 Å². The number of amidine groups is 1. The average Bonchev–Trinajstić information content (AvgIpc) is 2.81. The maximum atomic E-state index is 10.8. The minimum atomic E-state index is -1.92. The Balaban J connectivity index is 2.31. The molecule has 0 amide bonds. The Morgan fingerprint density at radius 2 is 2.25 bits per heavy atom. The Morgan fingerprint density at radius 3 is 2.90 bits per heavy atom. The van der Waals surface area contributed by atoms with Crippen LogP contribution < -0.4 is 23.1 Å². The van der Waals surface area contributed by atoms with Crippen LogP contribution in [0.3, 0.4) is 0 Å². The van der Waals surface area contributed by atoms with Crippen molar-refractivity contribution < 1.29 is 8.49 Å². The molecule has 1 atom stereocenters. The fourth-order valence-electron chi connectivity index (χ4n) is 1.04. The minimum absolute atomic E-state index is 0.0161. The molecule has 1 aromatic heterocycles. The number of hydrogen-bond donors (Lipinski definition) is 4. The third kappa shape index (κ3) is 6.81. The molecule has 1 aromatic rings. The predicted molar refractivity (Wildman–Crippen MR) is 83.4 cm³/mol. The maximum Gasteiger partial charge on any atom is 0.303 e. The normalized spacial score (nSPS) is 13.2. The van der Waals surface area contributed by atoms with Crippen molar-refractivity contribution in [1.82, 2.24) is 4.98 Å². The molecule has 0 saturated carbocycles. The van der Waals surface area contributed by atoms with Crippen molar-refractivity contribution in [2.75, 3.05) is 5.75 Å². The number of thiazole rings is 1. The third-order valence-electron chi connectivity index (χ3n) is 1.79. The van der Waals surface area contributed by atoms with Crippen molar-refractivity contribution >= 4 is 51.3 Å². The van der Waals surface area contributed by atoms with Crippen LogP contribution in [0.2, 0.25) is 0 Å². The molecule has 8 N–H and O–H groups in total. The van der Waals surface area contributed by atoms with E-state index in [1.165, 1.54) is 11.3 Å². The Hall–Kier alpha value is -1.21. The summed E-state index contributed by atoms with van der Waals surface area (Å²) in [5.74, 6) is 6.29. The molecule has 12 heteroatoms. The molecular weight excluding hydrogens is 322 g/mol. The number of guanidine groups is 1. The monoisotopic (exact) mass is 337 g/mol. The van der Waals surface area contributed by atoms with Crippen molar-refractivity contribution in [3.63, 3.8) is 0 Å². The average molecular weight is 337 g/mol. The number of hydrogen-bond acceptors (Lipinski definition) is 7. The van der Waals surface area contributed by atoms with Crippen molar-refractivity contribution in [3.05, 3.63) is 11.1 Å². The molecule has 1 heterocycles. The van der Waals surface area contributed by atoms with Gasteiger partial charge in [0.2, 0.25) is 5.13 Å². The molecule has 0 unspecified atom stereocenters. The highest BCUT2D eigenvalue weighted by Crippen LogP contribution is 2.21. The van der Waals surface area contributed by atoms with Gasteiger partial charge in [0, 0.05) is 23.3 Å². The van der Waals surface area contributed by atoms with Gasteiger partial charge in [0.25, 0.3) is 0 Å². The molecule has 0 aromatic carbocycles. The summed E-state index contributed by atoms with van der Waals surface area (Å²) >= 11 is 1.05. The summed E-state index contributed by atoms with van der Waals surface area (Å²) in [6, 6.07) is 0. The van der Waals surface area contributed by atoms with E-state index < -0.39 is 11.3 Å². The van der Waals surface area contributed by atoms with Crippen LogP contribution in [0.15, 0.2) is 14.8 Å². The number of rotatable bonds is 8. The van der Waals surface area contributed by atoms with Crippen LogP contribution in [0.1, 0.15) is 12.1 Å². The molecule has 20 heavy (non-hydrogen) atoms. The van der Waals surface area contributed by atoms with Crippen LogP contribution in [0.25, 0.3) is 0 Å². The van der Waals surface area contributed by atoms with Crippen LogP contribution in [-0.2, 0) is 21.3 Å². The first-order valence-electron chi connectivity index (χ1n) is 5.25. The van der Waals surface area contributed by atoms with Gasteiger partial charge in [-0.1, -0.05) is 0 Å². The molecule has 1 rings (SSSR count). The summed E-state index contributed by atoms with van der Waals surface area (Å²) in [6.07, 6.45) is 0.477. The molecule has 9 nitrogen and oxygen atoms in total. The van der Waals surface area contributed by atoms with Gasteiger partial charge in [-0.2, -0.15) is 26.9 Å². The third-order valence-corrected chi connectivity index (χ3v) is 4.12. The number of thioether (sulfide) groups is 1. The lowest BCUT2D eigenvalue weighted by Crippen LogP contribution is -2.21. The first kappa shape index (κ1) is 16.8. The summed E-state index contributed by atoms with van der Waals surface area (Å²) in [7, 11) is 0. The fraction of sp³-hybridized carbons (Fsp3) is 0.375. The van der Waals surface area contributed by atoms with Crippen molar-refractivity contribution in [3.8, 4) is 0 Å². The topological polar surface area (TPSA) is 168 Å². The van der Waals surface area contributed by atoms with E-state index in [-0.39, 0.29) is 11.8 Å². The van der Waals surface area contributed by atoms with Gasteiger partial charge in [0.1, 0.15) is 5.84 Å². The first-order chi connectivity index (χ1) is 9.51. The fourth-order valence-corrected chi connectivity index (χ4v) is 3.03. The van der Waals surface area contributed by atoms with Crippen LogP contribution in [0.5, 0.6) is 0 Å². The van der Waals surface area contributed by atoms with Crippen LogP contribution in [-0.4, -0.2) is 26.7 Å². The van der Waals surface area contributed by atoms with Gasteiger partial charge in [-0.3, -0.25) is 0 Å². The van der Waals surface area contributed by atoms with Crippen LogP contribution in [0.4, 0.5) is 5.13 Å². The highest BCUT2D eigenvalue weighted by Gasteiger charge is 2.03. The summed E-state index contributed by atoms with van der Waals surface area (Å²) in [5, 5.41) is 2.40.